The number of pyridine rings is 1. The number of phenols is 2. The summed E-state index contributed by atoms with van der Waals surface area (Å²) in [4.78, 5) is 15.7. The van der Waals surface area contributed by atoms with Crippen molar-refractivity contribution in [2.75, 3.05) is 0 Å². The number of phenolic OH excluding ortho intramolecular Hbond substituents is 2. The van der Waals surface area contributed by atoms with Gasteiger partial charge in [0.15, 0.2) is 5.78 Å². The summed E-state index contributed by atoms with van der Waals surface area (Å²) in [7, 11) is 0. The number of allylic oxidation sites excluding steroid dienone is 1. The molecule has 3 N–H and O–H groups in total. The van der Waals surface area contributed by atoms with Crippen molar-refractivity contribution in [3.8, 4) is 17.2 Å². The highest BCUT2D eigenvalue weighted by Crippen LogP contribution is 2.23. The van der Waals surface area contributed by atoms with E-state index in [1.54, 1.807) is 6.07 Å². The summed E-state index contributed by atoms with van der Waals surface area (Å²) in [6.07, 6.45) is 3.99. The molecule has 1 aromatic heterocycles. The third kappa shape index (κ3) is 3.10. The van der Waals surface area contributed by atoms with Gasteiger partial charge >= 0.3 is 0 Å². The molecule has 0 saturated heterocycles. The zero-order chi connectivity index (χ0) is 13.8. The van der Waals surface area contributed by atoms with E-state index >= 15 is 0 Å². The van der Waals surface area contributed by atoms with Gasteiger partial charge in [-0.25, -0.2) is 0 Å². The standard InChI is InChI=1S/C14H11NO4/c16-10-4-5-12(14(19)7-10)13(18)6-2-9-1-3-11(17)8-15-9/h1-8,16-17,19H/b6-2+. The third-order valence-electron chi connectivity index (χ3n) is 2.42. The molecule has 0 aliphatic carbocycles. The van der Waals surface area contributed by atoms with Crippen LogP contribution in [0.2, 0.25) is 0 Å². The van der Waals surface area contributed by atoms with Crippen molar-refractivity contribution in [1.82, 2.24) is 4.98 Å². The molecule has 0 unspecified atom stereocenters. The van der Waals surface area contributed by atoms with Gasteiger partial charge in [0, 0.05) is 6.07 Å². The van der Waals surface area contributed by atoms with Gasteiger partial charge in [0.2, 0.25) is 0 Å². The maximum absolute atomic E-state index is 11.8. The second-order valence-corrected chi connectivity index (χ2v) is 3.84. The fraction of sp³-hybridized carbons (Fsp3) is 0. The monoisotopic (exact) mass is 257 g/mol. The van der Waals surface area contributed by atoms with Crippen molar-refractivity contribution in [1.29, 1.82) is 0 Å². The van der Waals surface area contributed by atoms with Crippen LogP contribution in [-0.2, 0) is 0 Å². The van der Waals surface area contributed by atoms with Crippen LogP contribution in [0.4, 0.5) is 0 Å². The van der Waals surface area contributed by atoms with Crippen LogP contribution in [0.1, 0.15) is 16.1 Å². The van der Waals surface area contributed by atoms with Gasteiger partial charge in [-0.2, -0.15) is 0 Å². The lowest BCUT2D eigenvalue weighted by atomic mass is 10.1. The lowest BCUT2D eigenvalue weighted by Crippen LogP contribution is -1.94. The molecule has 0 amide bonds. The largest absolute Gasteiger partial charge is 0.508 e. The van der Waals surface area contributed by atoms with Gasteiger partial charge in [-0.15, -0.1) is 0 Å². The first-order valence-corrected chi connectivity index (χ1v) is 5.45. The minimum absolute atomic E-state index is 0.0413. The Balaban J connectivity index is 2.18. The Labute approximate surface area is 109 Å². The predicted octanol–water partition coefficient (Wildman–Crippen LogP) is 2.09. The number of hydrogen-bond donors (Lipinski definition) is 3. The number of aromatic hydroxyl groups is 3. The molecule has 96 valence electrons. The number of ketones is 1. The fourth-order valence-electron chi connectivity index (χ4n) is 1.48. The highest BCUT2D eigenvalue weighted by Gasteiger charge is 2.08. The molecule has 0 radical (unpaired) electrons. The van der Waals surface area contributed by atoms with E-state index in [1.807, 2.05) is 0 Å². The zero-order valence-electron chi connectivity index (χ0n) is 9.82. The van der Waals surface area contributed by atoms with Crippen LogP contribution in [0.15, 0.2) is 42.6 Å². The van der Waals surface area contributed by atoms with Crippen LogP contribution < -0.4 is 0 Å². The van der Waals surface area contributed by atoms with Gasteiger partial charge in [0.05, 0.1) is 17.5 Å². The summed E-state index contributed by atoms with van der Waals surface area (Å²) >= 11 is 0. The molecule has 2 rings (SSSR count). The van der Waals surface area contributed by atoms with Gasteiger partial charge < -0.3 is 15.3 Å². The number of carbonyl (C=O) groups is 1. The number of nitrogens with zero attached hydrogens (tertiary/aromatic N) is 1. The number of carbonyl (C=O) groups excluding carboxylic acids is 1. The molecule has 1 aromatic carbocycles. The Hall–Kier alpha value is -2.82. The molecule has 5 nitrogen and oxygen atoms in total. The van der Waals surface area contributed by atoms with Crippen molar-refractivity contribution >= 4 is 11.9 Å². The van der Waals surface area contributed by atoms with Gasteiger partial charge in [0.25, 0.3) is 0 Å². The molecule has 0 aliphatic rings. The first kappa shape index (κ1) is 12.6. The number of hydrogen-bond acceptors (Lipinski definition) is 5. The summed E-state index contributed by atoms with van der Waals surface area (Å²) in [5.74, 6) is -0.765. The highest BCUT2D eigenvalue weighted by atomic mass is 16.3. The van der Waals surface area contributed by atoms with Crippen LogP contribution in [0.5, 0.6) is 17.2 Å². The van der Waals surface area contributed by atoms with E-state index in [2.05, 4.69) is 4.98 Å². The fourth-order valence-corrected chi connectivity index (χ4v) is 1.48. The van der Waals surface area contributed by atoms with Crippen LogP contribution in [0.3, 0.4) is 0 Å². The van der Waals surface area contributed by atoms with Gasteiger partial charge in [-0.05, 0) is 36.4 Å². The quantitative estimate of drug-likeness (QED) is 0.578. The molecule has 0 atom stereocenters. The summed E-state index contributed by atoms with van der Waals surface area (Å²) in [6.45, 7) is 0. The first-order valence-electron chi connectivity index (χ1n) is 5.45. The molecule has 0 bridgehead atoms. The minimum Gasteiger partial charge on any atom is -0.508 e. The average Bonchev–Trinajstić information content (AvgIpc) is 2.37. The molecule has 0 aliphatic heterocycles. The van der Waals surface area contributed by atoms with E-state index in [0.717, 1.165) is 6.07 Å². The van der Waals surface area contributed by atoms with Gasteiger partial charge in [0.1, 0.15) is 17.2 Å². The maximum Gasteiger partial charge on any atom is 0.189 e. The molecular weight excluding hydrogens is 246 g/mol. The lowest BCUT2D eigenvalue weighted by Gasteiger charge is -2.00. The Morgan fingerprint density at radius 1 is 1.05 bits per heavy atom. The highest BCUT2D eigenvalue weighted by molar-refractivity contribution is 6.08. The van der Waals surface area contributed by atoms with Crippen molar-refractivity contribution < 1.29 is 20.1 Å². The van der Waals surface area contributed by atoms with E-state index in [1.165, 1.54) is 36.5 Å². The van der Waals surface area contributed by atoms with E-state index in [0.29, 0.717) is 5.69 Å². The van der Waals surface area contributed by atoms with Crippen molar-refractivity contribution in [2.24, 2.45) is 0 Å². The van der Waals surface area contributed by atoms with Gasteiger partial charge in [-0.3, -0.25) is 9.78 Å². The topological polar surface area (TPSA) is 90.7 Å². The molecule has 0 saturated carbocycles. The third-order valence-corrected chi connectivity index (χ3v) is 2.42. The smallest absolute Gasteiger partial charge is 0.189 e. The molecule has 19 heavy (non-hydrogen) atoms. The van der Waals surface area contributed by atoms with Crippen LogP contribution in [0.25, 0.3) is 6.08 Å². The Morgan fingerprint density at radius 2 is 1.79 bits per heavy atom. The first-order chi connectivity index (χ1) is 9.06. The normalized spacial score (nSPS) is 10.7. The van der Waals surface area contributed by atoms with Crippen molar-refractivity contribution in [3.63, 3.8) is 0 Å². The molecular formula is C14H11NO4. The van der Waals surface area contributed by atoms with Crippen LogP contribution in [-0.4, -0.2) is 26.1 Å². The maximum atomic E-state index is 11.8. The SMILES string of the molecule is O=C(/C=C/c1ccc(O)cn1)c1ccc(O)cc1O. The molecule has 0 fully saturated rings. The molecule has 2 aromatic rings. The Kier molecular flexibility index (Phi) is 3.47. The average molecular weight is 257 g/mol. The zero-order valence-corrected chi connectivity index (χ0v) is 9.82. The van der Waals surface area contributed by atoms with E-state index in [4.69, 9.17) is 10.2 Å². The van der Waals surface area contributed by atoms with E-state index in [9.17, 15) is 9.90 Å². The Morgan fingerprint density at radius 3 is 2.42 bits per heavy atom. The molecule has 0 spiro atoms. The Bertz CT molecular complexity index is 632. The second kappa shape index (κ2) is 5.22. The molecule has 1 heterocycles. The summed E-state index contributed by atoms with van der Waals surface area (Å²) < 4.78 is 0. The van der Waals surface area contributed by atoms with E-state index in [-0.39, 0.29) is 22.8 Å². The van der Waals surface area contributed by atoms with E-state index < -0.39 is 5.78 Å². The predicted molar refractivity (Wildman–Crippen MR) is 69.0 cm³/mol. The number of aromatic nitrogens is 1. The summed E-state index contributed by atoms with van der Waals surface area (Å²) in [5, 5.41) is 27.7. The van der Waals surface area contributed by atoms with Crippen molar-refractivity contribution in [2.45, 2.75) is 0 Å². The molecule has 5 heteroatoms. The van der Waals surface area contributed by atoms with Crippen LogP contribution >= 0.6 is 0 Å². The van der Waals surface area contributed by atoms with Gasteiger partial charge in [-0.1, -0.05) is 0 Å². The lowest BCUT2D eigenvalue weighted by molar-refractivity contribution is 0.104. The second-order valence-electron chi connectivity index (χ2n) is 3.84. The number of rotatable bonds is 3. The number of benzene rings is 1. The van der Waals surface area contributed by atoms with Crippen molar-refractivity contribution in [3.05, 3.63) is 53.9 Å². The summed E-state index contributed by atoms with van der Waals surface area (Å²) in [5.41, 5.74) is 0.595. The van der Waals surface area contributed by atoms with Crippen LogP contribution in [0, 0.1) is 0 Å². The minimum atomic E-state index is -0.410. The summed E-state index contributed by atoms with van der Waals surface area (Å²) in [6, 6.07) is 6.76.